The zero-order valence-corrected chi connectivity index (χ0v) is 18.7. The average Bonchev–Trinajstić information content (AvgIpc) is 3.35. The summed E-state index contributed by atoms with van der Waals surface area (Å²) in [4.78, 5) is 16.6. The molecule has 168 valence electrons. The number of aromatic amines is 1. The Kier molecular flexibility index (Phi) is 5.28. The second-order valence-corrected chi connectivity index (χ2v) is 8.46. The molecule has 4 heterocycles. The fourth-order valence-electron chi connectivity index (χ4n) is 4.22. The van der Waals surface area contributed by atoms with Crippen molar-refractivity contribution in [2.75, 3.05) is 11.9 Å². The maximum Gasteiger partial charge on any atom is 0.162 e. The van der Waals surface area contributed by atoms with E-state index in [1.54, 1.807) is 24.7 Å². The van der Waals surface area contributed by atoms with Crippen LogP contribution >= 0.6 is 0 Å². The van der Waals surface area contributed by atoms with Crippen molar-refractivity contribution in [2.45, 2.75) is 33.2 Å². The van der Waals surface area contributed by atoms with E-state index in [-0.39, 0.29) is 11.9 Å². The van der Waals surface area contributed by atoms with E-state index in [1.807, 2.05) is 17.6 Å². The lowest BCUT2D eigenvalue weighted by atomic mass is 10.1. The van der Waals surface area contributed by atoms with Crippen molar-refractivity contribution in [2.24, 2.45) is 0 Å². The lowest BCUT2D eigenvalue weighted by molar-refractivity contribution is 0.613. The van der Waals surface area contributed by atoms with Crippen LogP contribution in [0.3, 0.4) is 0 Å². The SMILES string of the molecule is Cc1[nH]c2ccc(F)cc2c1CCNc1cc(-c2cncc(F)c2)nc2c1ncn2C(C)C. The summed E-state index contributed by atoms with van der Waals surface area (Å²) in [5.41, 5.74) is 6.51. The van der Waals surface area contributed by atoms with Crippen LogP contribution in [0.5, 0.6) is 0 Å². The molecule has 0 bridgehead atoms. The van der Waals surface area contributed by atoms with Crippen LogP contribution in [0.2, 0.25) is 0 Å². The fourth-order valence-corrected chi connectivity index (χ4v) is 4.22. The second kappa shape index (κ2) is 8.27. The first-order chi connectivity index (χ1) is 15.9. The van der Waals surface area contributed by atoms with Gasteiger partial charge in [0.1, 0.15) is 17.2 Å². The molecule has 0 saturated heterocycles. The Balaban J connectivity index is 1.50. The standard InChI is InChI=1S/C25H24F2N6/c1-14(2)33-13-30-24-23(10-22(32-25(24)33)16-8-18(27)12-28-11-16)29-7-6-19-15(3)31-21-5-4-17(26)9-20(19)21/h4-5,8-14,31H,6-7H2,1-3H3,(H,29,32). The molecule has 33 heavy (non-hydrogen) atoms. The van der Waals surface area contributed by atoms with Gasteiger partial charge < -0.3 is 14.9 Å². The largest absolute Gasteiger partial charge is 0.383 e. The highest BCUT2D eigenvalue weighted by Crippen LogP contribution is 2.29. The molecule has 0 aliphatic heterocycles. The molecule has 0 spiro atoms. The van der Waals surface area contributed by atoms with Crippen molar-refractivity contribution < 1.29 is 8.78 Å². The van der Waals surface area contributed by atoms with E-state index in [2.05, 4.69) is 34.1 Å². The molecule has 2 N–H and O–H groups in total. The number of fused-ring (bicyclic) bond motifs is 2. The normalized spacial score (nSPS) is 11.7. The molecule has 0 aliphatic rings. The number of benzene rings is 1. The number of H-pyrrole nitrogens is 1. The molecule has 5 rings (SSSR count). The molecular formula is C25H24F2N6. The van der Waals surface area contributed by atoms with Crippen LogP contribution in [0.1, 0.15) is 31.1 Å². The number of anilines is 1. The molecule has 0 aliphatic carbocycles. The molecule has 4 aromatic heterocycles. The van der Waals surface area contributed by atoms with Crippen LogP contribution in [0, 0.1) is 18.6 Å². The molecule has 0 fully saturated rings. The summed E-state index contributed by atoms with van der Waals surface area (Å²) >= 11 is 0. The predicted octanol–water partition coefficient (Wildman–Crippen LogP) is 5.80. The van der Waals surface area contributed by atoms with E-state index in [9.17, 15) is 8.78 Å². The van der Waals surface area contributed by atoms with E-state index < -0.39 is 5.82 Å². The molecule has 0 saturated carbocycles. The second-order valence-electron chi connectivity index (χ2n) is 8.46. The van der Waals surface area contributed by atoms with Gasteiger partial charge >= 0.3 is 0 Å². The highest BCUT2D eigenvalue weighted by atomic mass is 19.1. The number of imidazole rings is 1. The topological polar surface area (TPSA) is 71.4 Å². The highest BCUT2D eigenvalue weighted by molar-refractivity contribution is 5.89. The van der Waals surface area contributed by atoms with Crippen molar-refractivity contribution in [3.63, 3.8) is 0 Å². The molecule has 0 atom stereocenters. The van der Waals surface area contributed by atoms with E-state index in [0.717, 1.165) is 39.0 Å². The monoisotopic (exact) mass is 446 g/mol. The van der Waals surface area contributed by atoms with Gasteiger partial charge in [-0.15, -0.1) is 0 Å². The van der Waals surface area contributed by atoms with Gasteiger partial charge in [-0.25, -0.2) is 18.7 Å². The smallest absolute Gasteiger partial charge is 0.162 e. The minimum atomic E-state index is -0.414. The number of halogens is 2. The number of nitrogens with zero attached hydrogens (tertiary/aromatic N) is 4. The summed E-state index contributed by atoms with van der Waals surface area (Å²) in [6.45, 7) is 6.73. The number of hydrogen-bond donors (Lipinski definition) is 2. The number of rotatable bonds is 6. The third-order valence-corrected chi connectivity index (χ3v) is 5.86. The molecule has 0 unspecified atom stereocenters. The summed E-state index contributed by atoms with van der Waals surface area (Å²) in [5.74, 6) is -0.664. The van der Waals surface area contributed by atoms with Gasteiger partial charge in [-0.2, -0.15) is 0 Å². The summed E-state index contributed by atoms with van der Waals surface area (Å²) in [7, 11) is 0. The summed E-state index contributed by atoms with van der Waals surface area (Å²) in [5, 5.41) is 4.37. The van der Waals surface area contributed by atoms with Gasteiger partial charge in [0, 0.05) is 40.9 Å². The molecular weight excluding hydrogens is 422 g/mol. The van der Waals surface area contributed by atoms with Crippen LogP contribution in [-0.2, 0) is 6.42 Å². The third kappa shape index (κ3) is 3.92. The van der Waals surface area contributed by atoms with Crippen LogP contribution in [-0.4, -0.2) is 31.0 Å². The first-order valence-corrected chi connectivity index (χ1v) is 10.9. The predicted molar refractivity (Wildman–Crippen MR) is 126 cm³/mol. The van der Waals surface area contributed by atoms with Crippen LogP contribution in [0.4, 0.5) is 14.5 Å². The van der Waals surface area contributed by atoms with E-state index >= 15 is 0 Å². The van der Waals surface area contributed by atoms with Gasteiger partial charge in [0.05, 0.1) is 23.9 Å². The lowest BCUT2D eigenvalue weighted by Crippen LogP contribution is -2.07. The van der Waals surface area contributed by atoms with Crippen LogP contribution in [0.25, 0.3) is 33.3 Å². The van der Waals surface area contributed by atoms with E-state index in [1.165, 1.54) is 18.3 Å². The Morgan fingerprint density at radius 2 is 1.94 bits per heavy atom. The Bertz CT molecular complexity index is 1470. The van der Waals surface area contributed by atoms with Gasteiger partial charge in [-0.3, -0.25) is 4.98 Å². The first kappa shape index (κ1) is 21.1. The minimum Gasteiger partial charge on any atom is -0.383 e. The number of aryl methyl sites for hydroxylation is 1. The van der Waals surface area contributed by atoms with E-state index in [0.29, 0.717) is 24.2 Å². The summed E-state index contributed by atoms with van der Waals surface area (Å²) in [6.07, 6.45) is 5.24. The summed E-state index contributed by atoms with van der Waals surface area (Å²) < 4.78 is 29.6. The van der Waals surface area contributed by atoms with Gasteiger partial charge in [0.25, 0.3) is 0 Å². The third-order valence-electron chi connectivity index (χ3n) is 5.86. The van der Waals surface area contributed by atoms with Crippen LogP contribution in [0.15, 0.2) is 49.1 Å². The zero-order chi connectivity index (χ0) is 23.1. The number of aromatic nitrogens is 5. The van der Waals surface area contributed by atoms with Crippen molar-refractivity contribution in [3.05, 3.63) is 71.9 Å². The zero-order valence-electron chi connectivity index (χ0n) is 18.7. The maximum absolute atomic E-state index is 13.8. The maximum atomic E-state index is 13.8. The molecule has 1 aromatic carbocycles. The fraction of sp³-hybridized carbons (Fsp3) is 0.240. The van der Waals surface area contributed by atoms with E-state index in [4.69, 9.17) is 4.98 Å². The van der Waals surface area contributed by atoms with Gasteiger partial charge in [0.2, 0.25) is 0 Å². The molecule has 5 aromatic rings. The highest BCUT2D eigenvalue weighted by Gasteiger charge is 2.16. The first-order valence-electron chi connectivity index (χ1n) is 10.9. The number of nitrogens with one attached hydrogen (secondary N) is 2. The molecule has 0 radical (unpaired) electrons. The Hall–Kier alpha value is -3.81. The Morgan fingerprint density at radius 1 is 1.09 bits per heavy atom. The molecule has 6 nitrogen and oxygen atoms in total. The molecule has 8 heteroatoms. The minimum absolute atomic E-state index is 0.167. The van der Waals surface area contributed by atoms with Gasteiger partial charge in [-0.05, 0) is 63.1 Å². The van der Waals surface area contributed by atoms with Crippen molar-refractivity contribution >= 4 is 27.8 Å². The average molecular weight is 447 g/mol. The Morgan fingerprint density at radius 3 is 2.73 bits per heavy atom. The summed E-state index contributed by atoms with van der Waals surface area (Å²) in [6, 6.07) is 8.25. The lowest BCUT2D eigenvalue weighted by Gasteiger charge is -2.12. The van der Waals surface area contributed by atoms with Gasteiger partial charge in [0.15, 0.2) is 5.65 Å². The van der Waals surface area contributed by atoms with Crippen molar-refractivity contribution in [3.8, 4) is 11.3 Å². The number of pyridine rings is 2. The van der Waals surface area contributed by atoms with Gasteiger partial charge in [-0.1, -0.05) is 0 Å². The van der Waals surface area contributed by atoms with Crippen molar-refractivity contribution in [1.29, 1.82) is 0 Å². The van der Waals surface area contributed by atoms with Crippen molar-refractivity contribution in [1.82, 2.24) is 24.5 Å². The quantitative estimate of drug-likeness (QED) is 0.346. The molecule has 0 amide bonds. The number of hydrogen-bond acceptors (Lipinski definition) is 4. The Labute approximate surface area is 189 Å². The van der Waals surface area contributed by atoms with Crippen LogP contribution < -0.4 is 5.32 Å².